The van der Waals surface area contributed by atoms with E-state index in [0.29, 0.717) is 0 Å². The third kappa shape index (κ3) is 11.1. The van der Waals surface area contributed by atoms with Gasteiger partial charge in [0.1, 0.15) is 24.9 Å². The zero-order chi connectivity index (χ0) is 42.8. The van der Waals surface area contributed by atoms with Gasteiger partial charge in [0.2, 0.25) is 6.29 Å². The highest BCUT2D eigenvalue weighted by atomic mass is 16.8. The van der Waals surface area contributed by atoms with E-state index in [2.05, 4.69) is 6.58 Å². The first-order chi connectivity index (χ1) is 29.6. The molecule has 0 saturated carbocycles. The Kier molecular flexibility index (Phi) is 14.2. The molecule has 7 rings (SSSR count). The molecule has 0 radical (unpaired) electrons. The average molecular weight is 839 g/mol. The van der Waals surface area contributed by atoms with Crippen LogP contribution in [0.1, 0.15) is 50.5 Å². The van der Waals surface area contributed by atoms with Crippen molar-refractivity contribution in [3.05, 3.63) is 156 Å². The number of ether oxygens (including phenoxy) is 11. The molecule has 0 bridgehead atoms. The maximum Gasteiger partial charge on any atom is 0.511 e. The molecule has 4 aromatic rings. The zero-order valence-electron chi connectivity index (χ0n) is 33.5. The van der Waals surface area contributed by atoms with Crippen LogP contribution in [0.3, 0.4) is 0 Å². The zero-order valence-corrected chi connectivity index (χ0v) is 33.5. The molecular formula is C46H46O15. The first-order valence-electron chi connectivity index (χ1n) is 19.7. The second-order valence-electron chi connectivity index (χ2n) is 14.6. The molecule has 0 aromatic heterocycles. The molecule has 0 N–H and O–H groups in total. The fourth-order valence-electron chi connectivity index (χ4n) is 6.95. The fraction of sp³-hybridized carbons (Fsp3) is 0.348. The van der Waals surface area contributed by atoms with E-state index in [-0.39, 0.29) is 36.5 Å². The van der Waals surface area contributed by atoms with E-state index < -0.39 is 91.8 Å². The van der Waals surface area contributed by atoms with E-state index >= 15 is 0 Å². The number of benzene rings is 4. The van der Waals surface area contributed by atoms with Crippen molar-refractivity contribution in [3.8, 4) is 0 Å². The summed E-state index contributed by atoms with van der Waals surface area (Å²) >= 11 is 0. The van der Waals surface area contributed by atoms with Gasteiger partial charge in [-0.05, 0) is 55.8 Å². The van der Waals surface area contributed by atoms with Crippen molar-refractivity contribution < 1.29 is 71.3 Å². The molecule has 0 amide bonds. The van der Waals surface area contributed by atoms with Crippen LogP contribution in [0.2, 0.25) is 0 Å². The molecule has 0 spiro atoms. The molecule has 61 heavy (non-hydrogen) atoms. The van der Waals surface area contributed by atoms with Gasteiger partial charge in [-0.25, -0.2) is 19.2 Å². The highest BCUT2D eigenvalue weighted by molar-refractivity contribution is 5.91. The average Bonchev–Trinajstić information content (AvgIpc) is 3.28. The van der Waals surface area contributed by atoms with E-state index in [1.807, 2.05) is 30.3 Å². The summed E-state index contributed by atoms with van der Waals surface area (Å²) in [5.41, 5.74) is 1.33. The lowest BCUT2D eigenvalue weighted by molar-refractivity contribution is -0.400. The van der Waals surface area contributed by atoms with Crippen molar-refractivity contribution in [3.63, 3.8) is 0 Å². The minimum atomic E-state index is -1.63. The minimum Gasteiger partial charge on any atom is -0.452 e. The van der Waals surface area contributed by atoms with Gasteiger partial charge in [-0.1, -0.05) is 97.6 Å². The summed E-state index contributed by atoms with van der Waals surface area (Å²) in [5.74, 6) is -3.51. The molecule has 15 heteroatoms. The highest BCUT2D eigenvalue weighted by Crippen LogP contribution is 2.38. The highest BCUT2D eigenvalue weighted by Gasteiger charge is 2.57. The maximum atomic E-state index is 13.9. The standard InChI is InChI=1S/C46H46O15/c1-4-25-51-45(50)60-44-39(37(52-26-29-17-9-5-10-18-29)36-34(56-44)28-54-46(2,3)61-36)59-43-38(58-42(49)32-23-15-8-16-24-32)35(57-41(48)31-21-13-7-14-22-31)33(27-53-43)55-40(47)30-19-11-6-12-20-30/h4-24,33-39,43-44H,1,25-28H2,2-3H3/t33-,34-,35+,36-,37+,38-,39-,43+,44+/m1/s1. The Morgan fingerprint density at radius 2 is 1.20 bits per heavy atom. The quantitative estimate of drug-likeness (QED) is 0.0798. The smallest absolute Gasteiger partial charge is 0.452 e. The van der Waals surface area contributed by atoms with Crippen LogP contribution >= 0.6 is 0 Å². The number of carbonyl (C=O) groups excluding carboxylic acids is 4. The number of hydrogen-bond donors (Lipinski definition) is 0. The summed E-state index contributed by atoms with van der Waals surface area (Å²) in [6.07, 6.45) is -11.6. The second-order valence-corrected chi connectivity index (χ2v) is 14.6. The van der Waals surface area contributed by atoms with Crippen LogP contribution in [0.25, 0.3) is 0 Å². The molecule has 0 aliphatic carbocycles. The summed E-state index contributed by atoms with van der Waals surface area (Å²) in [6.45, 7) is 6.55. The van der Waals surface area contributed by atoms with Crippen molar-refractivity contribution in [2.45, 2.75) is 81.5 Å². The van der Waals surface area contributed by atoms with Gasteiger partial charge < -0.3 is 52.1 Å². The molecule has 3 fully saturated rings. The molecule has 3 saturated heterocycles. The summed E-state index contributed by atoms with van der Waals surface area (Å²) in [7, 11) is 0. The predicted octanol–water partition coefficient (Wildman–Crippen LogP) is 6.21. The lowest BCUT2D eigenvalue weighted by Crippen LogP contribution is -2.68. The molecule has 0 unspecified atom stereocenters. The van der Waals surface area contributed by atoms with Gasteiger partial charge >= 0.3 is 24.1 Å². The van der Waals surface area contributed by atoms with Gasteiger partial charge in [0.25, 0.3) is 0 Å². The minimum absolute atomic E-state index is 0.0281. The van der Waals surface area contributed by atoms with Crippen LogP contribution in [0.5, 0.6) is 0 Å². The summed E-state index contributed by atoms with van der Waals surface area (Å²) in [5, 5.41) is 0. The molecule has 3 aliphatic heterocycles. The largest absolute Gasteiger partial charge is 0.511 e. The number of hydrogen-bond acceptors (Lipinski definition) is 15. The Morgan fingerprint density at radius 3 is 1.77 bits per heavy atom. The fourth-order valence-corrected chi connectivity index (χ4v) is 6.95. The van der Waals surface area contributed by atoms with Crippen LogP contribution < -0.4 is 0 Å². The molecule has 320 valence electrons. The third-order valence-corrected chi connectivity index (χ3v) is 9.87. The molecule has 3 aliphatic rings. The number of fused-ring (bicyclic) bond motifs is 1. The van der Waals surface area contributed by atoms with Crippen molar-refractivity contribution >= 4 is 24.1 Å². The molecule has 3 heterocycles. The number of carbonyl (C=O) groups is 4. The summed E-state index contributed by atoms with van der Waals surface area (Å²) in [6, 6.07) is 33.7. The first kappa shape index (κ1) is 43.2. The lowest BCUT2D eigenvalue weighted by atomic mass is 9.96. The van der Waals surface area contributed by atoms with E-state index in [1.54, 1.807) is 92.7 Å². The Hall–Kier alpha value is -5.94. The molecule has 15 nitrogen and oxygen atoms in total. The van der Waals surface area contributed by atoms with Crippen LogP contribution in [0.4, 0.5) is 4.79 Å². The van der Waals surface area contributed by atoms with Crippen LogP contribution in [-0.4, -0.2) is 105 Å². The van der Waals surface area contributed by atoms with E-state index in [1.165, 1.54) is 18.2 Å². The van der Waals surface area contributed by atoms with Gasteiger partial charge in [-0.15, -0.1) is 0 Å². The SMILES string of the molecule is C=CCOC(=O)O[C@@H]1O[C@@H]2COC(C)(C)O[C@H]2[C@H](OCc2ccccc2)[C@H]1O[C@@H]1OC[C@@H](OC(=O)c2ccccc2)[C@H](OC(=O)c2ccccc2)[C@H]1OC(=O)c1ccccc1. The normalized spacial score (nSPS) is 26.7. The Balaban J connectivity index is 1.28. The van der Waals surface area contributed by atoms with Gasteiger partial charge in [0.15, 0.2) is 36.5 Å². The summed E-state index contributed by atoms with van der Waals surface area (Å²) in [4.78, 5) is 54.3. The molecular weight excluding hydrogens is 792 g/mol. The monoisotopic (exact) mass is 838 g/mol. The van der Waals surface area contributed by atoms with E-state index in [0.717, 1.165) is 5.56 Å². The first-order valence-corrected chi connectivity index (χ1v) is 19.7. The number of esters is 3. The Morgan fingerprint density at radius 1 is 0.656 bits per heavy atom. The number of rotatable bonds is 14. The predicted molar refractivity (Wildman–Crippen MR) is 213 cm³/mol. The van der Waals surface area contributed by atoms with E-state index in [4.69, 9.17) is 52.1 Å². The van der Waals surface area contributed by atoms with Gasteiger partial charge in [0.05, 0.1) is 36.5 Å². The van der Waals surface area contributed by atoms with Crippen molar-refractivity contribution in [2.75, 3.05) is 19.8 Å². The molecule has 9 atom stereocenters. The van der Waals surface area contributed by atoms with Crippen LogP contribution in [-0.2, 0) is 58.7 Å². The Bertz CT molecular complexity index is 2080. The second kappa shape index (κ2) is 20.1. The van der Waals surface area contributed by atoms with Crippen molar-refractivity contribution in [1.29, 1.82) is 0 Å². The maximum absolute atomic E-state index is 13.9. The summed E-state index contributed by atoms with van der Waals surface area (Å²) < 4.78 is 67.3. The van der Waals surface area contributed by atoms with Gasteiger partial charge in [0, 0.05) is 0 Å². The van der Waals surface area contributed by atoms with E-state index in [9.17, 15) is 19.2 Å². The van der Waals surface area contributed by atoms with Crippen molar-refractivity contribution in [1.82, 2.24) is 0 Å². The van der Waals surface area contributed by atoms with Crippen LogP contribution in [0.15, 0.2) is 134 Å². The lowest BCUT2D eigenvalue weighted by Gasteiger charge is -2.51. The topological polar surface area (TPSA) is 170 Å². The van der Waals surface area contributed by atoms with Crippen molar-refractivity contribution in [2.24, 2.45) is 0 Å². The van der Waals surface area contributed by atoms with Crippen LogP contribution in [0, 0.1) is 0 Å². The van der Waals surface area contributed by atoms with Gasteiger partial charge in [-0.2, -0.15) is 0 Å². The Labute approximate surface area is 352 Å². The molecule has 4 aromatic carbocycles. The third-order valence-electron chi connectivity index (χ3n) is 9.87. The van der Waals surface area contributed by atoms with Gasteiger partial charge in [-0.3, -0.25) is 0 Å².